The molecule has 7 rings (SSSR count). The van der Waals surface area contributed by atoms with Gasteiger partial charge in [0.05, 0.1) is 22.6 Å². The number of carbonyl (C=O) groups is 1. The second kappa shape index (κ2) is 14.0. The van der Waals surface area contributed by atoms with Crippen LogP contribution in [-0.2, 0) is 21.3 Å². The number of anilines is 1. The number of aromatic nitrogens is 4. The molecule has 1 fully saturated rings. The van der Waals surface area contributed by atoms with Crippen LogP contribution >= 0.6 is 0 Å². The monoisotopic (exact) mass is 751 g/mol. The van der Waals surface area contributed by atoms with Gasteiger partial charge in [0.1, 0.15) is 17.1 Å². The molecule has 3 aromatic carbocycles. The molecule has 6 aromatic rings. The quantitative estimate of drug-likeness (QED) is 0.116. The van der Waals surface area contributed by atoms with Crippen LogP contribution in [0.3, 0.4) is 0 Å². The lowest BCUT2D eigenvalue weighted by Gasteiger charge is -2.36. The van der Waals surface area contributed by atoms with Crippen molar-refractivity contribution < 1.29 is 27.3 Å². The molecule has 0 saturated carbocycles. The lowest BCUT2D eigenvalue weighted by atomic mass is 10.0. The average molecular weight is 752 g/mol. The van der Waals surface area contributed by atoms with Crippen LogP contribution in [0, 0.1) is 22.9 Å². The zero-order chi connectivity index (χ0) is 38.4. The van der Waals surface area contributed by atoms with Crippen LogP contribution in [0.5, 0.6) is 0 Å². The first-order valence-corrected chi connectivity index (χ1v) is 18.7. The van der Waals surface area contributed by atoms with Crippen LogP contribution in [0.15, 0.2) is 102 Å². The van der Waals surface area contributed by atoms with Crippen molar-refractivity contribution >= 4 is 38.5 Å². The molecule has 0 radical (unpaired) electrons. The lowest BCUT2D eigenvalue weighted by molar-refractivity contribution is -0.384. The largest absolute Gasteiger partial charge is 0.444 e. The van der Waals surface area contributed by atoms with Gasteiger partial charge in [-0.1, -0.05) is 35.9 Å². The van der Waals surface area contributed by atoms with E-state index in [1.165, 1.54) is 30.6 Å². The summed E-state index contributed by atoms with van der Waals surface area (Å²) in [7, 11) is -4.09. The summed E-state index contributed by atoms with van der Waals surface area (Å²) in [5, 5.41) is 17.4. The Hall–Kier alpha value is -6.09. The maximum absolute atomic E-state index is 14.0. The van der Waals surface area contributed by atoms with Gasteiger partial charge in [-0.2, -0.15) is 5.10 Å². The first-order chi connectivity index (χ1) is 25.7. The van der Waals surface area contributed by atoms with E-state index in [1.54, 1.807) is 97.3 Å². The number of nitro groups is 1. The minimum absolute atomic E-state index is 0.0855. The molecule has 1 aliphatic heterocycles. The number of benzene rings is 3. The second-order valence-corrected chi connectivity index (χ2v) is 16.0. The summed E-state index contributed by atoms with van der Waals surface area (Å²) in [4.78, 5) is 32.8. The Kier molecular flexibility index (Phi) is 9.43. The third kappa shape index (κ3) is 7.39. The molecule has 278 valence electrons. The first-order valence-electron chi connectivity index (χ1n) is 17.3. The Bertz CT molecular complexity index is 2500. The number of nitro benzene ring substituents is 1. The van der Waals surface area contributed by atoms with Gasteiger partial charge in [-0.05, 0) is 75.2 Å². The number of hydrogen-bond acceptors (Lipinski definition) is 9. The molecule has 4 heterocycles. The molecule has 1 aliphatic rings. The predicted octanol–water partition coefficient (Wildman–Crippen LogP) is 7.26. The number of fused-ring (bicyclic) bond motifs is 1. The van der Waals surface area contributed by atoms with E-state index >= 15 is 0 Å². The molecule has 54 heavy (non-hydrogen) atoms. The molecule has 1 amide bonds. The minimum Gasteiger partial charge on any atom is -0.444 e. The molecular weight excluding hydrogens is 714 g/mol. The van der Waals surface area contributed by atoms with Crippen molar-refractivity contribution in [2.75, 3.05) is 31.1 Å². The fourth-order valence-electron chi connectivity index (χ4n) is 6.46. The van der Waals surface area contributed by atoms with E-state index in [0.29, 0.717) is 65.1 Å². The summed E-state index contributed by atoms with van der Waals surface area (Å²) in [6, 6.07) is 19.4. The summed E-state index contributed by atoms with van der Waals surface area (Å²) in [5.41, 5.74) is 3.61. The standard InChI is InChI=1S/C39H38FN7O6S/c1-26-8-11-32(12-9-26)54(51,52)46-25-34(30-22-42-45(24-30)23-27-6-5-7-31(40)18-27)33-19-29(21-41-37(33)46)28-10-13-35(36(20-28)47(49)50)43-14-16-44(17-15-43)38(48)53-39(2,3)4/h5-13,18-22,24-25H,14-17,23H2,1-4H3. The van der Waals surface area contributed by atoms with Crippen LogP contribution in [0.2, 0.25) is 0 Å². The highest BCUT2D eigenvalue weighted by molar-refractivity contribution is 7.90. The maximum atomic E-state index is 14.0. The van der Waals surface area contributed by atoms with Crippen molar-refractivity contribution in [1.29, 1.82) is 0 Å². The third-order valence-electron chi connectivity index (χ3n) is 9.15. The molecule has 0 atom stereocenters. The lowest BCUT2D eigenvalue weighted by Crippen LogP contribution is -2.50. The van der Waals surface area contributed by atoms with Gasteiger partial charge in [0.15, 0.2) is 5.65 Å². The van der Waals surface area contributed by atoms with Crippen molar-refractivity contribution in [2.45, 2.75) is 44.7 Å². The summed E-state index contributed by atoms with van der Waals surface area (Å²) in [6.07, 6.45) is 5.93. The van der Waals surface area contributed by atoms with Crippen molar-refractivity contribution in [3.8, 4) is 22.3 Å². The Morgan fingerprint density at radius 3 is 2.35 bits per heavy atom. The van der Waals surface area contributed by atoms with E-state index in [2.05, 4.69) is 10.1 Å². The van der Waals surface area contributed by atoms with Gasteiger partial charge in [0.25, 0.3) is 15.7 Å². The number of aryl methyl sites for hydroxylation is 1. The average Bonchev–Trinajstić information content (AvgIpc) is 3.75. The van der Waals surface area contributed by atoms with E-state index in [9.17, 15) is 27.7 Å². The Balaban J connectivity index is 1.26. The normalized spacial score (nSPS) is 13.7. The molecule has 1 saturated heterocycles. The number of pyridine rings is 1. The van der Waals surface area contributed by atoms with E-state index in [-0.39, 0.29) is 28.6 Å². The molecule has 0 bridgehead atoms. The van der Waals surface area contributed by atoms with Crippen molar-refractivity contribution in [1.82, 2.24) is 23.6 Å². The minimum atomic E-state index is -4.09. The molecule has 0 spiro atoms. The number of nitrogens with zero attached hydrogens (tertiary/aromatic N) is 7. The van der Waals surface area contributed by atoms with Crippen LogP contribution < -0.4 is 4.90 Å². The number of carbonyl (C=O) groups excluding carboxylic acids is 1. The number of ether oxygens (including phenoxy) is 1. The summed E-state index contributed by atoms with van der Waals surface area (Å²) >= 11 is 0. The van der Waals surface area contributed by atoms with E-state index in [4.69, 9.17) is 4.74 Å². The number of rotatable bonds is 8. The van der Waals surface area contributed by atoms with Crippen molar-refractivity contribution in [3.63, 3.8) is 0 Å². The number of hydrogen-bond donors (Lipinski definition) is 0. The third-order valence-corrected chi connectivity index (χ3v) is 10.8. The van der Waals surface area contributed by atoms with Gasteiger partial charge >= 0.3 is 6.09 Å². The highest BCUT2D eigenvalue weighted by Crippen LogP contribution is 2.38. The van der Waals surface area contributed by atoms with Crippen LogP contribution in [-0.4, -0.2) is 74.9 Å². The van der Waals surface area contributed by atoms with E-state index < -0.39 is 26.6 Å². The molecule has 3 aromatic heterocycles. The first kappa shape index (κ1) is 36.3. The van der Waals surface area contributed by atoms with E-state index in [0.717, 1.165) is 9.54 Å². The summed E-state index contributed by atoms with van der Waals surface area (Å²) in [5.74, 6) is -0.364. The number of amides is 1. The Morgan fingerprint density at radius 2 is 1.67 bits per heavy atom. The zero-order valence-corrected chi connectivity index (χ0v) is 31.0. The molecule has 13 nitrogen and oxygen atoms in total. The van der Waals surface area contributed by atoms with Gasteiger partial charge in [-0.15, -0.1) is 0 Å². The fourth-order valence-corrected chi connectivity index (χ4v) is 7.78. The predicted molar refractivity (Wildman–Crippen MR) is 202 cm³/mol. The molecule has 0 aliphatic carbocycles. The van der Waals surface area contributed by atoms with E-state index in [1.807, 2.05) is 11.8 Å². The molecule has 15 heteroatoms. The van der Waals surface area contributed by atoms with Gasteiger partial charge in [0.2, 0.25) is 0 Å². The molecular formula is C39H38FN7O6S. The SMILES string of the molecule is Cc1ccc(S(=O)(=O)n2cc(-c3cnn(Cc4cccc(F)c4)c3)c3cc(-c4ccc(N5CCN(C(=O)OC(C)(C)C)CC5)c([N+](=O)[O-])c4)cnc32)cc1. The van der Waals surface area contributed by atoms with Crippen LogP contribution in [0.25, 0.3) is 33.3 Å². The van der Waals surface area contributed by atoms with Crippen molar-refractivity contribution in [3.05, 3.63) is 125 Å². The fraction of sp³-hybridized carbons (Fsp3) is 0.256. The second-order valence-electron chi connectivity index (χ2n) is 14.2. The van der Waals surface area contributed by atoms with Gasteiger partial charge in [-0.3, -0.25) is 14.8 Å². The topological polar surface area (TPSA) is 146 Å². The van der Waals surface area contributed by atoms with Crippen LogP contribution in [0.1, 0.15) is 31.9 Å². The van der Waals surface area contributed by atoms with Gasteiger partial charge in [0, 0.05) is 72.9 Å². The highest BCUT2D eigenvalue weighted by Gasteiger charge is 2.29. The summed E-state index contributed by atoms with van der Waals surface area (Å²) < 4.78 is 50.2. The Morgan fingerprint density at radius 1 is 0.926 bits per heavy atom. The zero-order valence-electron chi connectivity index (χ0n) is 30.1. The maximum Gasteiger partial charge on any atom is 0.410 e. The van der Waals surface area contributed by atoms with Crippen LogP contribution in [0.4, 0.5) is 20.6 Å². The van der Waals surface area contributed by atoms with Gasteiger partial charge < -0.3 is 14.5 Å². The Labute approximate surface area is 311 Å². The van der Waals surface area contributed by atoms with Crippen molar-refractivity contribution in [2.24, 2.45) is 0 Å². The molecule has 0 unspecified atom stereocenters. The smallest absolute Gasteiger partial charge is 0.410 e. The highest BCUT2D eigenvalue weighted by atomic mass is 32.2. The number of piperazine rings is 1. The molecule has 0 N–H and O–H groups in total. The number of halogens is 1. The summed E-state index contributed by atoms with van der Waals surface area (Å²) in [6.45, 7) is 9.01. The van der Waals surface area contributed by atoms with Gasteiger partial charge in [-0.25, -0.2) is 26.6 Å².